The maximum Gasteiger partial charge on any atom is 0.330 e. The van der Waals surface area contributed by atoms with Gasteiger partial charge in [-0.3, -0.25) is 4.68 Å². The summed E-state index contributed by atoms with van der Waals surface area (Å²) in [5.41, 5.74) is 0.628. The van der Waals surface area contributed by atoms with Crippen molar-refractivity contribution in [2.24, 2.45) is 7.05 Å². The van der Waals surface area contributed by atoms with E-state index < -0.39 is 5.97 Å². The molecule has 0 atom stereocenters. The molecule has 0 unspecified atom stereocenters. The number of esters is 1. The van der Waals surface area contributed by atoms with Crippen molar-refractivity contribution in [1.82, 2.24) is 15.0 Å². The number of hydrogen-bond acceptors (Lipinski definition) is 4. The fourth-order valence-corrected chi connectivity index (χ4v) is 0.663. The van der Waals surface area contributed by atoms with Crippen LogP contribution in [0.25, 0.3) is 6.08 Å². The van der Waals surface area contributed by atoms with E-state index in [0.29, 0.717) is 5.69 Å². The molecule has 1 heterocycles. The first-order chi connectivity index (χ1) is 5.72. The quantitative estimate of drug-likeness (QED) is 0.459. The van der Waals surface area contributed by atoms with E-state index in [4.69, 9.17) is 0 Å². The van der Waals surface area contributed by atoms with Crippen molar-refractivity contribution < 1.29 is 9.53 Å². The van der Waals surface area contributed by atoms with Crippen molar-refractivity contribution >= 4 is 12.0 Å². The summed E-state index contributed by atoms with van der Waals surface area (Å²) in [4.78, 5) is 10.6. The van der Waals surface area contributed by atoms with Gasteiger partial charge in [0.1, 0.15) is 5.69 Å². The highest BCUT2D eigenvalue weighted by atomic mass is 16.5. The molecule has 1 aromatic rings. The van der Waals surface area contributed by atoms with Crippen LogP contribution < -0.4 is 0 Å². The highest BCUT2D eigenvalue weighted by Gasteiger charge is 1.94. The predicted octanol–water partition coefficient (Wildman–Crippen LogP) is 0.00130. The zero-order chi connectivity index (χ0) is 8.97. The Morgan fingerprint density at radius 2 is 2.50 bits per heavy atom. The molecular weight excluding hydrogens is 158 g/mol. The van der Waals surface area contributed by atoms with Gasteiger partial charge >= 0.3 is 5.97 Å². The highest BCUT2D eigenvalue weighted by molar-refractivity contribution is 5.86. The van der Waals surface area contributed by atoms with Gasteiger partial charge in [-0.2, -0.15) is 0 Å². The molecule has 1 aromatic heterocycles. The molecule has 0 bridgehead atoms. The number of aromatic nitrogens is 3. The van der Waals surface area contributed by atoms with Crippen LogP contribution in [0.1, 0.15) is 5.69 Å². The minimum absolute atomic E-state index is 0.402. The van der Waals surface area contributed by atoms with Gasteiger partial charge in [0.2, 0.25) is 0 Å². The standard InChI is InChI=1S/C7H9N3O2/c1-10-5-6(8-9-10)3-4-7(11)12-2/h3-5H,1-2H3/b4-3+. The van der Waals surface area contributed by atoms with E-state index in [1.54, 1.807) is 24.0 Å². The van der Waals surface area contributed by atoms with Gasteiger partial charge in [0.05, 0.1) is 13.3 Å². The highest BCUT2D eigenvalue weighted by Crippen LogP contribution is 1.94. The molecule has 1 rings (SSSR count). The van der Waals surface area contributed by atoms with Crippen LogP contribution in [-0.2, 0) is 16.6 Å². The number of ether oxygens (including phenoxy) is 1. The Morgan fingerprint density at radius 1 is 1.75 bits per heavy atom. The molecule has 0 saturated carbocycles. The summed E-state index contributed by atoms with van der Waals surface area (Å²) in [6.07, 6.45) is 4.53. The Morgan fingerprint density at radius 3 is 3.00 bits per heavy atom. The topological polar surface area (TPSA) is 57.0 Å². The molecule has 5 heteroatoms. The average Bonchev–Trinajstić information content (AvgIpc) is 2.47. The molecule has 0 amide bonds. The van der Waals surface area contributed by atoms with Gasteiger partial charge in [-0.1, -0.05) is 5.21 Å². The SMILES string of the molecule is COC(=O)/C=C/c1cn(C)nn1. The van der Waals surface area contributed by atoms with E-state index >= 15 is 0 Å². The van der Waals surface area contributed by atoms with Crippen LogP contribution in [-0.4, -0.2) is 28.1 Å². The summed E-state index contributed by atoms with van der Waals surface area (Å²) >= 11 is 0. The first kappa shape index (κ1) is 8.45. The second-order valence-corrected chi connectivity index (χ2v) is 2.17. The van der Waals surface area contributed by atoms with Gasteiger partial charge in [0.25, 0.3) is 0 Å². The molecule has 0 aliphatic rings. The third-order valence-corrected chi connectivity index (χ3v) is 1.21. The van der Waals surface area contributed by atoms with Crippen molar-refractivity contribution in [3.05, 3.63) is 18.0 Å². The van der Waals surface area contributed by atoms with Crippen molar-refractivity contribution in [3.8, 4) is 0 Å². The number of rotatable bonds is 2. The molecule has 0 radical (unpaired) electrons. The summed E-state index contributed by atoms with van der Waals surface area (Å²) in [6, 6.07) is 0. The van der Waals surface area contributed by atoms with Gasteiger partial charge in [-0.25, -0.2) is 4.79 Å². The Balaban J connectivity index is 2.63. The summed E-state index contributed by atoms with van der Waals surface area (Å²) < 4.78 is 5.95. The molecule has 12 heavy (non-hydrogen) atoms. The Hall–Kier alpha value is -1.65. The Labute approximate surface area is 69.6 Å². The molecule has 0 spiro atoms. The molecule has 0 aromatic carbocycles. The van der Waals surface area contributed by atoms with Gasteiger partial charge < -0.3 is 4.74 Å². The fraction of sp³-hybridized carbons (Fsp3) is 0.286. The van der Waals surface area contributed by atoms with Crippen molar-refractivity contribution in [1.29, 1.82) is 0 Å². The summed E-state index contributed by atoms with van der Waals surface area (Å²) in [6.45, 7) is 0. The van der Waals surface area contributed by atoms with Gasteiger partial charge in [0.15, 0.2) is 0 Å². The largest absolute Gasteiger partial charge is 0.466 e. The van der Waals surface area contributed by atoms with E-state index in [1.807, 2.05) is 0 Å². The van der Waals surface area contributed by atoms with E-state index in [-0.39, 0.29) is 0 Å². The van der Waals surface area contributed by atoms with Crippen LogP contribution in [0, 0.1) is 0 Å². The van der Waals surface area contributed by atoms with E-state index in [1.165, 1.54) is 13.2 Å². The lowest BCUT2D eigenvalue weighted by atomic mass is 10.4. The summed E-state index contributed by atoms with van der Waals surface area (Å²) in [7, 11) is 3.08. The molecule has 0 fully saturated rings. The third-order valence-electron chi connectivity index (χ3n) is 1.21. The maximum absolute atomic E-state index is 10.6. The molecule has 5 nitrogen and oxygen atoms in total. The molecule has 0 aliphatic heterocycles. The molecule has 0 saturated heterocycles. The van der Waals surface area contributed by atoms with E-state index in [2.05, 4.69) is 15.0 Å². The second kappa shape index (κ2) is 3.66. The van der Waals surface area contributed by atoms with E-state index in [0.717, 1.165) is 0 Å². The molecule has 0 aliphatic carbocycles. The predicted molar refractivity (Wildman–Crippen MR) is 42.1 cm³/mol. The van der Waals surface area contributed by atoms with Crippen molar-refractivity contribution in [2.45, 2.75) is 0 Å². The summed E-state index contributed by atoms with van der Waals surface area (Å²) in [5.74, 6) is -0.402. The molecule has 0 N–H and O–H groups in total. The smallest absolute Gasteiger partial charge is 0.330 e. The summed E-state index contributed by atoms with van der Waals surface area (Å²) in [5, 5.41) is 7.42. The number of carbonyl (C=O) groups excluding carboxylic acids is 1. The zero-order valence-corrected chi connectivity index (χ0v) is 6.89. The van der Waals surface area contributed by atoms with Crippen molar-refractivity contribution in [2.75, 3.05) is 7.11 Å². The number of methoxy groups -OCH3 is 1. The van der Waals surface area contributed by atoms with Crippen molar-refractivity contribution in [3.63, 3.8) is 0 Å². The Kier molecular flexibility index (Phi) is 2.57. The van der Waals surface area contributed by atoms with Crippen LogP contribution in [0.15, 0.2) is 12.3 Å². The fourth-order valence-electron chi connectivity index (χ4n) is 0.663. The second-order valence-electron chi connectivity index (χ2n) is 2.17. The van der Waals surface area contributed by atoms with Crippen LogP contribution in [0.2, 0.25) is 0 Å². The lowest BCUT2D eigenvalue weighted by Crippen LogP contribution is -1.93. The van der Waals surface area contributed by atoms with Crippen LogP contribution in [0.5, 0.6) is 0 Å². The van der Waals surface area contributed by atoms with E-state index in [9.17, 15) is 4.79 Å². The number of hydrogen-bond donors (Lipinski definition) is 0. The first-order valence-electron chi connectivity index (χ1n) is 3.34. The Bertz CT molecular complexity index is 303. The number of aryl methyl sites for hydroxylation is 1. The zero-order valence-electron chi connectivity index (χ0n) is 6.89. The lowest BCUT2D eigenvalue weighted by molar-refractivity contribution is -0.134. The lowest BCUT2D eigenvalue weighted by Gasteiger charge is -1.86. The molecular formula is C7H9N3O2. The van der Waals surface area contributed by atoms with Gasteiger partial charge in [-0.15, -0.1) is 5.10 Å². The third kappa shape index (κ3) is 2.19. The van der Waals surface area contributed by atoms with Gasteiger partial charge in [0, 0.05) is 13.1 Å². The number of nitrogens with zero attached hydrogens (tertiary/aromatic N) is 3. The van der Waals surface area contributed by atoms with Gasteiger partial charge in [-0.05, 0) is 6.08 Å². The van der Waals surface area contributed by atoms with Crippen LogP contribution in [0.3, 0.4) is 0 Å². The van der Waals surface area contributed by atoms with Crippen LogP contribution in [0.4, 0.5) is 0 Å². The minimum atomic E-state index is -0.402. The van der Waals surface area contributed by atoms with Crippen LogP contribution >= 0.6 is 0 Å². The minimum Gasteiger partial charge on any atom is -0.466 e. The molecule has 64 valence electrons. The average molecular weight is 167 g/mol. The monoisotopic (exact) mass is 167 g/mol. The first-order valence-corrected chi connectivity index (χ1v) is 3.34. The normalized spacial score (nSPS) is 10.5. The number of carbonyl (C=O) groups is 1. The maximum atomic E-state index is 10.6.